The normalized spacial score (nSPS) is 15.9. The van der Waals surface area contributed by atoms with Gasteiger partial charge in [-0.05, 0) is 55.7 Å². The summed E-state index contributed by atoms with van der Waals surface area (Å²) in [7, 11) is -2.32. The van der Waals surface area contributed by atoms with Crippen molar-refractivity contribution in [3.05, 3.63) is 72.8 Å². The zero-order valence-electron chi connectivity index (χ0n) is 19.5. The molecule has 1 aliphatic heterocycles. The largest absolute Gasteiger partial charge is 0.493 e. The van der Waals surface area contributed by atoms with E-state index < -0.39 is 10.0 Å². The van der Waals surface area contributed by atoms with E-state index >= 15 is 0 Å². The van der Waals surface area contributed by atoms with Crippen molar-refractivity contribution < 1.29 is 32.1 Å². The van der Waals surface area contributed by atoms with E-state index in [1.165, 1.54) is 19.2 Å². The van der Waals surface area contributed by atoms with E-state index in [1.54, 1.807) is 54.6 Å². The van der Waals surface area contributed by atoms with Crippen molar-refractivity contribution in [2.45, 2.75) is 30.4 Å². The number of sulfonamides is 1. The van der Waals surface area contributed by atoms with Gasteiger partial charge in [0.15, 0.2) is 29.3 Å². The molecule has 0 aromatic heterocycles. The maximum Gasteiger partial charge on any atom is 0.262 e. The van der Waals surface area contributed by atoms with Crippen molar-refractivity contribution in [2.24, 2.45) is 0 Å². The smallest absolute Gasteiger partial charge is 0.262 e. The second kappa shape index (κ2) is 11.9. The highest BCUT2D eigenvalue weighted by Gasteiger charge is 2.21. The molecule has 1 unspecified atom stereocenters. The Hall–Kier alpha value is -3.27. The predicted octanol–water partition coefficient (Wildman–Crippen LogP) is 5.21. The molecule has 4 rings (SSSR count). The number of rotatable bonds is 11. The topological polar surface area (TPSA) is 92.3 Å². The van der Waals surface area contributed by atoms with E-state index in [2.05, 4.69) is 4.72 Å². The quantitative estimate of drug-likeness (QED) is 0.362. The van der Waals surface area contributed by atoms with Crippen molar-refractivity contribution in [2.75, 3.05) is 31.7 Å². The van der Waals surface area contributed by atoms with Gasteiger partial charge in [-0.15, -0.1) is 0 Å². The first-order valence-electron chi connectivity index (χ1n) is 11.4. The minimum atomic E-state index is -3.86. The lowest BCUT2D eigenvalue weighted by Gasteiger charge is -2.23. The Morgan fingerprint density at radius 3 is 2.37 bits per heavy atom. The fourth-order valence-corrected chi connectivity index (χ4v) is 4.69. The van der Waals surface area contributed by atoms with Crippen LogP contribution in [0.4, 0.5) is 5.69 Å². The van der Waals surface area contributed by atoms with Crippen LogP contribution in [0.5, 0.6) is 23.0 Å². The highest BCUT2D eigenvalue weighted by atomic mass is 32.2. The number of hydrogen-bond acceptors (Lipinski definition) is 7. The van der Waals surface area contributed by atoms with Crippen molar-refractivity contribution in [1.29, 1.82) is 0 Å². The average Bonchev–Trinajstić information content (AvgIpc) is 2.89. The Balaban J connectivity index is 1.57. The van der Waals surface area contributed by atoms with Gasteiger partial charge in [0.1, 0.15) is 6.61 Å². The summed E-state index contributed by atoms with van der Waals surface area (Å²) in [5.74, 6) is 1.48. The number of benzene rings is 3. The van der Waals surface area contributed by atoms with Gasteiger partial charge in [0, 0.05) is 6.61 Å². The zero-order chi connectivity index (χ0) is 24.5. The SMILES string of the molecule is COc1ccccc1Oc1c(NS(=O)(=O)c2ccccc2)cccc1OCCOC1CCCCO1. The molecule has 0 radical (unpaired) electrons. The van der Waals surface area contributed by atoms with E-state index in [0.29, 0.717) is 30.5 Å². The number of methoxy groups -OCH3 is 1. The summed E-state index contributed by atoms with van der Waals surface area (Å²) in [4.78, 5) is 0.135. The Bertz CT molecular complexity index is 1200. The van der Waals surface area contributed by atoms with Gasteiger partial charge >= 0.3 is 0 Å². The minimum Gasteiger partial charge on any atom is -0.493 e. The summed E-state index contributed by atoms with van der Waals surface area (Å²) in [6, 6.07) is 20.2. The van der Waals surface area contributed by atoms with Crippen LogP contribution in [0.2, 0.25) is 0 Å². The van der Waals surface area contributed by atoms with Gasteiger partial charge in [0.2, 0.25) is 0 Å². The van der Waals surface area contributed by atoms with E-state index in [0.717, 1.165) is 19.3 Å². The molecule has 9 heteroatoms. The monoisotopic (exact) mass is 499 g/mol. The number of ether oxygens (including phenoxy) is 5. The molecule has 1 saturated heterocycles. The van der Waals surface area contributed by atoms with E-state index in [9.17, 15) is 8.42 Å². The second-order valence-corrected chi connectivity index (χ2v) is 9.50. The molecule has 0 amide bonds. The summed E-state index contributed by atoms with van der Waals surface area (Å²) >= 11 is 0. The highest BCUT2D eigenvalue weighted by molar-refractivity contribution is 7.92. The summed E-state index contributed by atoms with van der Waals surface area (Å²) < 4.78 is 57.5. The van der Waals surface area contributed by atoms with Crippen LogP contribution in [-0.4, -0.2) is 41.6 Å². The first-order chi connectivity index (χ1) is 17.1. The zero-order valence-corrected chi connectivity index (χ0v) is 20.3. The first-order valence-corrected chi connectivity index (χ1v) is 12.9. The highest BCUT2D eigenvalue weighted by Crippen LogP contribution is 2.42. The lowest BCUT2D eigenvalue weighted by atomic mass is 10.2. The minimum absolute atomic E-state index is 0.135. The molecule has 186 valence electrons. The fraction of sp³-hybridized carbons (Fsp3) is 0.308. The van der Waals surface area contributed by atoms with Crippen LogP contribution in [-0.2, 0) is 19.5 Å². The van der Waals surface area contributed by atoms with Gasteiger partial charge in [-0.25, -0.2) is 8.42 Å². The molecule has 3 aromatic carbocycles. The number of anilines is 1. The molecule has 0 bridgehead atoms. The third kappa shape index (κ3) is 6.66. The van der Waals surface area contributed by atoms with Gasteiger partial charge in [-0.3, -0.25) is 4.72 Å². The van der Waals surface area contributed by atoms with Crippen molar-refractivity contribution >= 4 is 15.7 Å². The van der Waals surface area contributed by atoms with Crippen LogP contribution in [0.1, 0.15) is 19.3 Å². The number of para-hydroxylation sites is 3. The molecule has 1 N–H and O–H groups in total. The van der Waals surface area contributed by atoms with Crippen molar-refractivity contribution in [3.8, 4) is 23.0 Å². The molecule has 1 heterocycles. The van der Waals surface area contributed by atoms with Crippen LogP contribution in [0.3, 0.4) is 0 Å². The second-order valence-electron chi connectivity index (χ2n) is 7.82. The molecule has 1 aliphatic rings. The third-order valence-corrected chi connectivity index (χ3v) is 6.72. The van der Waals surface area contributed by atoms with Crippen LogP contribution in [0.15, 0.2) is 77.7 Å². The van der Waals surface area contributed by atoms with Gasteiger partial charge in [0.25, 0.3) is 10.0 Å². The maximum atomic E-state index is 13.0. The maximum absolute atomic E-state index is 13.0. The Labute approximate surface area is 205 Å². The first kappa shape index (κ1) is 24.8. The predicted molar refractivity (Wildman–Crippen MR) is 132 cm³/mol. The van der Waals surface area contributed by atoms with Crippen LogP contribution in [0.25, 0.3) is 0 Å². The van der Waals surface area contributed by atoms with Crippen molar-refractivity contribution in [1.82, 2.24) is 0 Å². The van der Waals surface area contributed by atoms with E-state index in [4.69, 9.17) is 23.7 Å². The molecule has 0 spiro atoms. The van der Waals surface area contributed by atoms with Gasteiger partial charge in [-0.1, -0.05) is 36.4 Å². The lowest BCUT2D eigenvalue weighted by molar-refractivity contribution is -0.165. The number of hydrogen-bond donors (Lipinski definition) is 1. The molecule has 35 heavy (non-hydrogen) atoms. The summed E-state index contributed by atoms with van der Waals surface area (Å²) in [6.07, 6.45) is 2.76. The molecule has 0 saturated carbocycles. The molecule has 1 fully saturated rings. The summed E-state index contributed by atoms with van der Waals surface area (Å²) in [5, 5.41) is 0. The standard InChI is InChI=1S/C26H29NO7S/c1-30-22-13-5-6-14-23(22)34-26-21(27-35(28,29)20-10-3-2-4-11-20)12-9-15-24(26)31-18-19-33-25-16-7-8-17-32-25/h2-6,9-15,25,27H,7-8,16-19H2,1H3. The van der Waals surface area contributed by atoms with E-state index in [-0.39, 0.29) is 29.2 Å². The summed E-state index contributed by atoms with van der Waals surface area (Å²) in [6.45, 7) is 1.25. The third-order valence-electron chi connectivity index (χ3n) is 5.34. The van der Waals surface area contributed by atoms with E-state index in [1.807, 2.05) is 6.07 Å². The number of nitrogens with one attached hydrogen (secondary N) is 1. The average molecular weight is 500 g/mol. The Kier molecular flexibility index (Phi) is 8.46. The van der Waals surface area contributed by atoms with Gasteiger partial charge < -0.3 is 23.7 Å². The molecular weight excluding hydrogens is 470 g/mol. The molecule has 0 aliphatic carbocycles. The van der Waals surface area contributed by atoms with Gasteiger partial charge in [-0.2, -0.15) is 0 Å². The molecule has 3 aromatic rings. The summed E-state index contributed by atoms with van der Waals surface area (Å²) in [5.41, 5.74) is 0.230. The Morgan fingerprint density at radius 1 is 0.886 bits per heavy atom. The van der Waals surface area contributed by atoms with Crippen LogP contribution >= 0.6 is 0 Å². The fourth-order valence-electron chi connectivity index (χ4n) is 3.61. The van der Waals surface area contributed by atoms with Crippen molar-refractivity contribution in [3.63, 3.8) is 0 Å². The van der Waals surface area contributed by atoms with Crippen LogP contribution in [0, 0.1) is 0 Å². The van der Waals surface area contributed by atoms with Crippen LogP contribution < -0.4 is 18.9 Å². The molecular formula is C26H29NO7S. The van der Waals surface area contributed by atoms with Gasteiger partial charge in [0.05, 0.1) is 24.3 Å². The molecule has 1 atom stereocenters. The Morgan fingerprint density at radius 2 is 1.63 bits per heavy atom. The molecule has 8 nitrogen and oxygen atoms in total. The lowest BCUT2D eigenvalue weighted by Crippen LogP contribution is -2.24.